The molecule has 0 atom stereocenters. The van der Waals surface area contributed by atoms with Crippen molar-refractivity contribution in [1.29, 1.82) is 0 Å². The van der Waals surface area contributed by atoms with Gasteiger partial charge in [-0.05, 0) is 53.5 Å². The fourth-order valence-corrected chi connectivity index (χ4v) is 2.56. The van der Waals surface area contributed by atoms with E-state index in [1.54, 1.807) is 6.20 Å². The molecule has 1 N–H and O–H groups in total. The van der Waals surface area contributed by atoms with Crippen LogP contribution in [0.5, 0.6) is 0 Å². The number of hydrogen-bond donors (Lipinski definition) is 1. The molecule has 0 spiro atoms. The van der Waals surface area contributed by atoms with Gasteiger partial charge >= 0.3 is 0 Å². The standard InChI is InChI=1S/C15H12BrClN4/c1-8-11(17)4-3-5-12(8)21-15-14-13(19-9(2)20-15)6-10(16)7-18-14/h3-7H,1-2H3,(H,19,20,21). The number of benzene rings is 1. The molecule has 0 amide bonds. The van der Waals surface area contributed by atoms with Gasteiger partial charge in [-0.15, -0.1) is 0 Å². The predicted octanol–water partition coefficient (Wildman–Crippen LogP) is 4.80. The molecule has 0 fully saturated rings. The van der Waals surface area contributed by atoms with E-state index in [0.717, 1.165) is 26.8 Å². The van der Waals surface area contributed by atoms with Crippen molar-refractivity contribution < 1.29 is 0 Å². The van der Waals surface area contributed by atoms with Gasteiger partial charge in [-0.3, -0.25) is 0 Å². The SMILES string of the molecule is Cc1nc(Nc2cccc(Cl)c2C)c2ncc(Br)cc2n1. The molecule has 3 aromatic rings. The summed E-state index contributed by atoms with van der Waals surface area (Å²) < 4.78 is 0.887. The molecule has 106 valence electrons. The normalized spacial score (nSPS) is 10.9. The topological polar surface area (TPSA) is 50.7 Å². The molecule has 1 aromatic carbocycles. The molecule has 0 radical (unpaired) electrons. The third kappa shape index (κ3) is 2.84. The maximum atomic E-state index is 6.16. The minimum Gasteiger partial charge on any atom is -0.338 e. The molecule has 2 heterocycles. The van der Waals surface area contributed by atoms with Crippen molar-refractivity contribution in [3.63, 3.8) is 0 Å². The number of pyridine rings is 1. The summed E-state index contributed by atoms with van der Waals surface area (Å²) in [6, 6.07) is 7.65. The molecule has 3 rings (SSSR count). The lowest BCUT2D eigenvalue weighted by molar-refractivity contribution is 1.08. The first-order chi connectivity index (χ1) is 10.0. The van der Waals surface area contributed by atoms with Crippen molar-refractivity contribution in [3.05, 3.63) is 51.3 Å². The predicted molar refractivity (Wildman–Crippen MR) is 89.2 cm³/mol. The summed E-state index contributed by atoms with van der Waals surface area (Å²) >= 11 is 9.56. The summed E-state index contributed by atoms with van der Waals surface area (Å²) in [5.41, 5.74) is 3.40. The molecule has 0 aliphatic rings. The van der Waals surface area contributed by atoms with E-state index in [2.05, 4.69) is 36.2 Å². The quantitative estimate of drug-likeness (QED) is 0.710. The van der Waals surface area contributed by atoms with Crippen molar-refractivity contribution in [2.75, 3.05) is 5.32 Å². The summed E-state index contributed by atoms with van der Waals surface area (Å²) in [4.78, 5) is 13.3. The van der Waals surface area contributed by atoms with Gasteiger partial charge in [-0.1, -0.05) is 17.7 Å². The number of anilines is 2. The molecule has 0 aliphatic heterocycles. The number of fused-ring (bicyclic) bond motifs is 1. The summed E-state index contributed by atoms with van der Waals surface area (Å²) in [5.74, 6) is 1.36. The molecule has 0 unspecified atom stereocenters. The molecular formula is C15H12BrClN4. The lowest BCUT2D eigenvalue weighted by atomic mass is 10.2. The van der Waals surface area contributed by atoms with E-state index in [4.69, 9.17) is 11.6 Å². The van der Waals surface area contributed by atoms with Gasteiger partial charge in [0.2, 0.25) is 0 Å². The van der Waals surface area contributed by atoms with E-state index < -0.39 is 0 Å². The van der Waals surface area contributed by atoms with Gasteiger partial charge in [0.15, 0.2) is 5.82 Å². The molecule has 0 bridgehead atoms. The van der Waals surface area contributed by atoms with E-state index in [-0.39, 0.29) is 0 Å². The van der Waals surface area contributed by atoms with E-state index in [1.807, 2.05) is 38.1 Å². The van der Waals surface area contributed by atoms with Crippen LogP contribution in [0.3, 0.4) is 0 Å². The second-order valence-electron chi connectivity index (χ2n) is 4.68. The zero-order valence-electron chi connectivity index (χ0n) is 11.5. The van der Waals surface area contributed by atoms with Crippen LogP contribution in [0.4, 0.5) is 11.5 Å². The Balaban J connectivity index is 2.14. The molecule has 0 saturated carbocycles. The summed E-state index contributed by atoms with van der Waals surface area (Å²) in [6.45, 7) is 3.82. The Labute approximate surface area is 135 Å². The van der Waals surface area contributed by atoms with Crippen molar-refractivity contribution in [1.82, 2.24) is 15.0 Å². The first kappa shape index (κ1) is 14.2. The molecule has 2 aromatic heterocycles. The van der Waals surface area contributed by atoms with Gasteiger partial charge in [0.25, 0.3) is 0 Å². The van der Waals surface area contributed by atoms with E-state index in [9.17, 15) is 0 Å². The third-order valence-electron chi connectivity index (χ3n) is 3.14. The maximum Gasteiger partial charge on any atom is 0.160 e. The Bertz CT molecular complexity index is 830. The second-order valence-corrected chi connectivity index (χ2v) is 6.00. The van der Waals surface area contributed by atoms with Crippen LogP contribution in [-0.2, 0) is 0 Å². The smallest absolute Gasteiger partial charge is 0.160 e. The average molecular weight is 364 g/mol. The molecule has 0 aliphatic carbocycles. The minimum absolute atomic E-state index is 0.676. The molecular weight excluding hydrogens is 352 g/mol. The average Bonchev–Trinajstić information content (AvgIpc) is 2.43. The Hall–Kier alpha value is -1.72. The Kier molecular flexibility index (Phi) is 3.78. The lowest BCUT2D eigenvalue weighted by Crippen LogP contribution is -2.01. The molecule has 6 heteroatoms. The lowest BCUT2D eigenvalue weighted by Gasteiger charge is -2.12. The second kappa shape index (κ2) is 5.58. The highest BCUT2D eigenvalue weighted by Gasteiger charge is 2.10. The number of hydrogen-bond acceptors (Lipinski definition) is 4. The number of aryl methyl sites for hydroxylation is 1. The van der Waals surface area contributed by atoms with Crippen molar-refractivity contribution in [2.24, 2.45) is 0 Å². The molecule has 4 nitrogen and oxygen atoms in total. The van der Waals surface area contributed by atoms with Crippen LogP contribution in [-0.4, -0.2) is 15.0 Å². The Morgan fingerprint density at radius 1 is 1.19 bits per heavy atom. The van der Waals surface area contributed by atoms with Crippen LogP contribution in [0, 0.1) is 13.8 Å². The monoisotopic (exact) mass is 362 g/mol. The highest BCUT2D eigenvalue weighted by atomic mass is 79.9. The first-order valence-electron chi connectivity index (χ1n) is 6.36. The Morgan fingerprint density at radius 3 is 2.81 bits per heavy atom. The number of nitrogens with one attached hydrogen (secondary N) is 1. The van der Waals surface area contributed by atoms with Crippen LogP contribution in [0.2, 0.25) is 5.02 Å². The number of halogens is 2. The van der Waals surface area contributed by atoms with Gasteiger partial charge in [0, 0.05) is 21.4 Å². The zero-order valence-corrected chi connectivity index (χ0v) is 13.8. The number of rotatable bonds is 2. The van der Waals surface area contributed by atoms with Crippen molar-refractivity contribution in [2.45, 2.75) is 13.8 Å². The fraction of sp³-hybridized carbons (Fsp3) is 0.133. The van der Waals surface area contributed by atoms with Crippen LogP contribution in [0.1, 0.15) is 11.4 Å². The number of aromatic nitrogens is 3. The minimum atomic E-state index is 0.676. The van der Waals surface area contributed by atoms with Gasteiger partial charge in [-0.2, -0.15) is 0 Å². The van der Waals surface area contributed by atoms with Crippen LogP contribution < -0.4 is 5.32 Å². The van der Waals surface area contributed by atoms with Gasteiger partial charge < -0.3 is 5.32 Å². The zero-order chi connectivity index (χ0) is 15.0. The Morgan fingerprint density at radius 2 is 2.00 bits per heavy atom. The highest BCUT2D eigenvalue weighted by molar-refractivity contribution is 9.10. The summed E-state index contributed by atoms with van der Waals surface area (Å²) in [7, 11) is 0. The summed E-state index contributed by atoms with van der Waals surface area (Å²) in [5, 5.41) is 4.02. The van der Waals surface area contributed by atoms with Gasteiger partial charge in [-0.25, -0.2) is 15.0 Å². The largest absolute Gasteiger partial charge is 0.338 e. The van der Waals surface area contributed by atoms with Crippen LogP contribution in [0.15, 0.2) is 34.9 Å². The van der Waals surface area contributed by atoms with Crippen molar-refractivity contribution in [3.8, 4) is 0 Å². The van der Waals surface area contributed by atoms with E-state index >= 15 is 0 Å². The highest BCUT2D eigenvalue weighted by Crippen LogP contribution is 2.28. The van der Waals surface area contributed by atoms with E-state index in [1.165, 1.54) is 0 Å². The maximum absolute atomic E-state index is 6.16. The van der Waals surface area contributed by atoms with E-state index in [0.29, 0.717) is 16.7 Å². The number of nitrogens with zero attached hydrogens (tertiary/aromatic N) is 3. The third-order valence-corrected chi connectivity index (χ3v) is 3.98. The fourth-order valence-electron chi connectivity index (χ4n) is 2.07. The van der Waals surface area contributed by atoms with Crippen LogP contribution in [0.25, 0.3) is 11.0 Å². The summed E-state index contributed by atoms with van der Waals surface area (Å²) in [6.07, 6.45) is 1.73. The molecule has 0 saturated heterocycles. The van der Waals surface area contributed by atoms with Gasteiger partial charge in [0.05, 0.1) is 5.52 Å². The van der Waals surface area contributed by atoms with Crippen molar-refractivity contribution >= 4 is 50.1 Å². The van der Waals surface area contributed by atoms with Crippen LogP contribution >= 0.6 is 27.5 Å². The van der Waals surface area contributed by atoms with Gasteiger partial charge in [0.1, 0.15) is 11.3 Å². The molecule has 21 heavy (non-hydrogen) atoms. The first-order valence-corrected chi connectivity index (χ1v) is 7.54.